The van der Waals surface area contributed by atoms with Gasteiger partial charge in [-0.05, 0) is 35.6 Å². The molecule has 1 aliphatic carbocycles. The molecule has 3 nitrogen and oxygen atoms in total. The Morgan fingerprint density at radius 1 is 0.920 bits per heavy atom. The van der Waals surface area contributed by atoms with Crippen molar-refractivity contribution in [3.63, 3.8) is 0 Å². The van der Waals surface area contributed by atoms with Crippen molar-refractivity contribution >= 4 is 16.7 Å². The second kappa shape index (κ2) is 7.17. The molecule has 1 saturated heterocycles. The van der Waals surface area contributed by atoms with Crippen molar-refractivity contribution in [2.24, 2.45) is 5.92 Å². The van der Waals surface area contributed by atoms with E-state index in [1.165, 1.54) is 25.7 Å². The summed E-state index contributed by atoms with van der Waals surface area (Å²) in [6.07, 6.45) is 5.44. The molecule has 1 aliphatic heterocycles. The summed E-state index contributed by atoms with van der Waals surface area (Å²) in [6.45, 7) is 6.14. The first kappa shape index (κ1) is 16.6. The van der Waals surface area contributed by atoms with E-state index in [-0.39, 0.29) is 5.91 Å². The van der Waals surface area contributed by atoms with Gasteiger partial charge in [-0.3, -0.25) is 9.69 Å². The molecule has 0 aromatic heterocycles. The topological polar surface area (TPSA) is 23.6 Å². The SMILES string of the molecule is C[C@@H]1CCCC[C@@H]1N1CCN(C(=O)c2cccc3ccccc23)CC1. The summed E-state index contributed by atoms with van der Waals surface area (Å²) in [5.74, 6) is 0.988. The quantitative estimate of drug-likeness (QED) is 0.821. The van der Waals surface area contributed by atoms with E-state index in [2.05, 4.69) is 30.0 Å². The molecule has 2 aromatic carbocycles. The second-order valence-corrected chi connectivity index (χ2v) is 7.68. The molecule has 25 heavy (non-hydrogen) atoms. The van der Waals surface area contributed by atoms with Gasteiger partial charge in [-0.1, -0.05) is 56.2 Å². The maximum Gasteiger partial charge on any atom is 0.254 e. The highest BCUT2D eigenvalue weighted by molar-refractivity contribution is 6.07. The van der Waals surface area contributed by atoms with Gasteiger partial charge in [-0.2, -0.15) is 0 Å². The average Bonchev–Trinajstić information content (AvgIpc) is 2.67. The molecule has 2 aromatic rings. The molecule has 0 unspecified atom stereocenters. The molecule has 0 spiro atoms. The van der Waals surface area contributed by atoms with E-state index in [1.54, 1.807) is 0 Å². The largest absolute Gasteiger partial charge is 0.336 e. The maximum absolute atomic E-state index is 13.1. The number of nitrogens with zero attached hydrogens (tertiary/aromatic N) is 2. The maximum atomic E-state index is 13.1. The molecule has 132 valence electrons. The minimum atomic E-state index is 0.188. The molecule has 2 atom stereocenters. The van der Waals surface area contributed by atoms with Gasteiger partial charge in [0.15, 0.2) is 0 Å². The summed E-state index contributed by atoms with van der Waals surface area (Å²) in [7, 11) is 0. The Morgan fingerprint density at radius 3 is 2.44 bits per heavy atom. The smallest absolute Gasteiger partial charge is 0.254 e. The summed E-state index contributed by atoms with van der Waals surface area (Å²) in [5.41, 5.74) is 0.845. The Morgan fingerprint density at radius 2 is 1.64 bits per heavy atom. The lowest BCUT2D eigenvalue weighted by Gasteiger charge is -2.43. The predicted molar refractivity (Wildman–Crippen MR) is 103 cm³/mol. The lowest BCUT2D eigenvalue weighted by Crippen LogP contribution is -2.54. The molecule has 0 N–H and O–H groups in total. The van der Waals surface area contributed by atoms with E-state index in [0.29, 0.717) is 0 Å². The fourth-order valence-corrected chi connectivity index (χ4v) is 4.68. The Labute approximate surface area is 150 Å². The van der Waals surface area contributed by atoms with Crippen molar-refractivity contribution in [2.75, 3.05) is 26.2 Å². The Bertz CT molecular complexity index is 743. The van der Waals surface area contributed by atoms with Crippen LogP contribution in [0.2, 0.25) is 0 Å². The van der Waals surface area contributed by atoms with Crippen LogP contribution in [-0.2, 0) is 0 Å². The van der Waals surface area contributed by atoms with Crippen LogP contribution in [0.5, 0.6) is 0 Å². The first-order valence-electron chi connectivity index (χ1n) is 9.75. The van der Waals surface area contributed by atoms with Gasteiger partial charge in [0.1, 0.15) is 0 Å². The Balaban J connectivity index is 1.46. The summed E-state index contributed by atoms with van der Waals surface area (Å²) in [5, 5.41) is 2.21. The number of piperazine rings is 1. The van der Waals surface area contributed by atoms with Crippen molar-refractivity contribution in [1.82, 2.24) is 9.80 Å². The minimum absolute atomic E-state index is 0.188. The first-order valence-corrected chi connectivity index (χ1v) is 9.75. The van der Waals surface area contributed by atoms with Crippen LogP contribution in [0, 0.1) is 5.92 Å². The number of hydrogen-bond acceptors (Lipinski definition) is 2. The van der Waals surface area contributed by atoms with Gasteiger partial charge >= 0.3 is 0 Å². The third kappa shape index (κ3) is 3.30. The van der Waals surface area contributed by atoms with E-state index in [4.69, 9.17) is 0 Å². The van der Waals surface area contributed by atoms with E-state index in [0.717, 1.165) is 54.5 Å². The standard InChI is InChI=1S/C22H28N2O/c1-17-7-2-5-12-21(17)23-13-15-24(16-14-23)22(25)20-11-6-9-18-8-3-4-10-19(18)20/h3-4,6,8-11,17,21H,2,5,7,12-16H2,1H3/t17-,21+/m1/s1. The zero-order valence-corrected chi connectivity index (χ0v) is 15.2. The molecular weight excluding hydrogens is 308 g/mol. The number of benzene rings is 2. The summed E-state index contributed by atoms with van der Waals surface area (Å²) in [4.78, 5) is 17.8. The van der Waals surface area contributed by atoms with Gasteiger partial charge in [-0.25, -0.2) is 0 Å². The molecule has 1 amide bonds. The normalized spacial score (nSPS) is 25.2. The van der Waals surface area contributed by atoms with Crippen LogP contribution in [0.25, 0.3) is 10.8 Å². The Kier molecular flexibility index (Phi) is 4.76. The lowest BCUT2D eigenvalue weighted by molar-refractivity contribution is 0.0424. The number of rotatable bonds is 2. The summed E-state index contributed by atoms with van der Waals surface area (Å²) in [6, 6.07) is 15.0. The highest BCUT2D eigenvalue weighted by Crippen LogP contribution is 2.29. The molecule has 4 rings (SSSR count). The van der Waals surface area contributed by atoms with Crippen molar-refractivity contribution in [3.05, 3.63) is 48.0 Å². The number of fused-ring (bicyclic) bond motifs is 1. The highest BCUT2D eigenvalue weighted by atomic mass is 16.2. The van der Waals surface area contributed by atoms with Gasteiger partial charge in [0, 0.05) is 37.8 Å². The van der Waals surface area contributed by atoms with Gasteiger partial charge < -0.3 is 4.90 Å². The van der Waals surface area contributed by atoms with Gasteiger partial charge in [-0.15, -0.1) is 0 Å². The zero-order valence-electron chi connectivity index (χ0n) is 15.2. The van der Waals surface area contributed by atoms with Gasteiger partial charge in [0.2, 0.25) is 0 Å². The number of hydrogen-bond donors (Lipinski definition) is 0. The summed E-state index contributed by atoms with van der Waals surface area (Å²) < 4.78 is 0. The molecule has 2 aliphatic rings. The van der Waals surface area contributed by atoms with Crippen LogP contribution in [0.4, 0.5) is 0 Å². The average molecular weight is 336 g/mol. The van der Waals surface area contributed by atoms with E-state index in [9.17, 15) is 4.79 Å². The van der Waals surface area contributed by atoms with Gasteiger partial charge in [0.25, 0.3) is 5.91 Å². The number of amides is 1. The van der Waals surface area contributed by atoms with Crippen molar-refractivity contribution in [1.29, 1.82) is 0 Å². The number of carbonyl (C=O) groups is 1. The van der Waals surface area contributed by atoms with Crippen LogP contribution in [0.1, 0.15) is 43.0 Å². The summed E-state index contributed by atoms with van der Waals surface area (Å²) >= 11 is 0. The zero-order chi connectivity index (χ0) is 17.2. The monoisotopic (exact) mass is 336 g/mol. The molecular formula is C22H28N2O. The van der Waals surface area contributed by atoms with Crippen LogP contribution in [-0.4, -0.2) is 47.9 Å². The van der Waals surface area contributed by atoms with Crippen molar-refractivity contribution in [3.8, 4) is 0 Å². The number of carbonyl (C=O) groups excluding carboxylic acids is 1. The molecule has 0 radical (unpaired) electrons. The minimum Gasteiger partial charge on any atom is -0.336 e. The second-order valence-electron chi connectivity index (χ2n) is 7.68. The molecule has 2 fully saturated rings. The third-order valence-electron chi connectivity index (χ3n) is 6.16. The third-order valence-corrected chi connectivity index (χ3v) is 6.16. The van der Waals surface area contributed by atoms with E-state index >= 15 is 0 Å². The van der Waals surface area contributed by atoms with Crippen molar-refractivity contribution in [2.45, 2.75) is 38.6 Å². The van der Waals surface area contributed by atoms with Gasteiger partial charge in [0.05, 0.1) is 0 Å². The molecule has 0 bridgehead atoms. The van der Waals surface area contributed by atoms with E-state index < -0.39 is 0 Å². The molecule has 1 heterocycles. The van der Waals surface area contributed by atoms with Crippen molar-refractivity contribution < 1.29 is 4.79 Å². The highest BCUT2D eigenvalue weighted by Gasteiger charge is 2.31. The molecule has 1 saturated carbocycles. The first-order chi connectivity index (χ1) is 12.2. The van der Waals surface area contributed by atoms with Crippen LogP contribution >= 0.6 is 0 Å². The van der Waals surface area contributed by atoms with Crippen LogP contribution < -0.4 is 0 Å². The fourth-order valence-electron chi connectivity index (χ4n) is 4.68. The molecule has 3 heteroatoms. The van der Waals surface area contributed by atoms with E-state index in [1.807, 2.05) is 29.2 Å². The lowest BCUT2D eigenvalue weighted by atomic mass is 9.84. The predicted octanol–water partition coefficient (Wildman–Crippen LogP) is 4.18. The van der Waals surface area contributed by atoms with Crippen LogP contribution in [0.3, 0.4) is 0 Å². The Hall–Kier alpha value is -1.87. The van der Waals surface area contributed by atoms with Crippen LogP contribution in [0.15, 0.2) is 42.5 Å². The fraction of sp³-hybridized carbons (Fsp3) is 0.500.